The second-order valence-electron chi connectivity index (χ2n) is 11.4. The zero-order chi connectivity index (χ0) is 26.0. The van der Waals surface area contributed by atoms with E-state index < -0.39 is 0 Å². The van der Waals surface area contributed by atoms with E-state index in [0.29, 0.717) is 38.3 Å². The number of rotatable bonds is 9. The number of halogens is 1. The second kappa shape index (κ2) is 15.7. The third-order valence-electron chi connectivity index (χ3n) is 8.50. The molecular weight excluding hydrogens is 500 g/mol. The lowest BCUT2D eigenvalue weighted by molar-refractivity contribution is -0.120. The van der Waals surface area contributed by atoms with E-state index >= 15 is 0 Å². The van der Waals surface area contributed by atoms with Crippen molar-refractivity contribution in [2.75, 3.05) is 57.8 Å². The molecule has 1 saturated carbocycles. The fourth-order valence-electron chi connectivity index (χ4n) is 6.23. The summed E-state index contributed by atoms with van der Waals surface area (Å²) in [5.74, 6) is 0.992. The van der Waals surface area contributed by atoms with Crippen molar-refractivity contribution < 1.29 is 14.3 Å². The number of anilines is 1. The average Bonchev–Trinajstić information content (AvgIpc) is 2.94. The van der Waals surface area contributed by atoms with Gasteiger partial charge < -0.3 is 24.8 Å². The van der Waals surface area contributed by atoms with Crippen molar-refractivity contribution in [1.82, 2.24) is 14.7 Å². The summed E-state index contributed by atoms with van der Waals surface area (Å²) in [5.41, 5.74) is 2.21. The molecule has 1 N–H and O–H groups in total. The van der Waals surface area contributed by atoms with Crippen molar-refractivity contribution >= 4 is 30.0 Å². The van der Waals surface area contributed by atoms with Crippen molar-refractivity contribution in [3.05, 3.63) is 29.8 Å². The second-order valence-corrected chi connectivity index (χ2v) is 11.4. The molecule has 4 rings (SSSR count). The van der Waals surface area contributed by atoms with E-state index in [4.69, 9.17) is 4.74 Å². The number of carbonyl (C=O) groups is 2. The molecule has 1 aliphatic carbocycles. The number of carbonyl (C=O) groups excluding carboxylic acids is 2. The van der Waals surface area contributed by atoms with Gasteiger partial charge in [0, 0.05) is 50.4 Å². The number of nitrogens with one attached hydrogen (secondary N) is 1. The van der Waals surface area contributed by atoms with Gasteiger partial charge in [0.1, 0.15) is 0 Å². The van der Waals surface area contributed by atoms with Crippen LogP contribution in [0.3, 0.4) is 0 Å². The first-order valence-electron chi connectivity index (χ1n) is 14.8. The molecule has 3 aliphatic rings. The van der Waals surface area contributed by atoms with E-state index in [-0.39, 0.29) is 30.3 Å². The maximum absolute atomic E-state index is 12.8. The van der Waals surface area contributed by atoms with Crippen LogP contribution in [0.4, 0.5) is 10.5 Å². The van der Waals surface area contributed by atoms with Crippen LogP contribution in [0.25, 0.3) is 0 Å². The molecule has 214 valence electrons. The number of hydrogen-bond donors (Lipinski definition) is 1. The van der Waals surface area contributed by atoms with Crippen LogP contribution >= 0.6 is 12.4 Å². The molecule has 3 amide bonds. The Hall–Kier alpha value is -1.83. The maximum Gasteiger partial charge on any atom is 0.320 e. The van der Waals surface area contributed by atoms with Crippen molar-refractivity contribution in [2.45, 2.75) is 77.7 Å². The summed E-state index contributed by atoms with van der Waals surface area (Å²) in [6.07, 6.45) is 9.91. The summed E-state index contributed by atoms with van der Waals surface area (Å²) in [7, 11) is 0. The van der Waals surface area contributed by atoms with Crippen LogP contribution in [-0.2, 0) is 16.0 Å². The quantitative estimate of drug-likeness (QED) is 0.446. The number of amides is 3. The highest BCUT2D eigenvalue weighted by atomic mass is 35.5. The molecule has 0 spiro atoms. The molecule has 1 atom stereocenters. The largest absolute Gasteiger partial charge is 0.378 e. The van der Waals surface area contributed by atoms with Gasteiger partial charge in [-0.1, -0.05) is 38.3 Å². The number of likely N-dealkylation sites (tertiary alicyclic amines) is 1. The topological polar surface area (TPSA) is 65.1 Å². The lowest BCUT2D eigenvalue weighted by Gasteiger charge is -2.39. The third kappa shape index (κ3) is 8.85. The molecule has 3 fully saturated rings. The smallest absolute Gasteiger partial charge is 0.320 e. The zero-order valence-electron chi connectivity index (χ0n) is 23.5. The van der Waals surface area contributed by atoms with E-state index in [1.807, 2.05) is 15.9 Å². The van der Waals surface area contributed by atoms with Crippen LogP contribution in [0.5, 0.6) is 0 Å². The number of nitrogens with zero attached hydrogens (tertiary/aromatic N) is 3. The number of ether oxygens (including phenoxy) is 1. The van der Waals surface area contributed by atoms with Crippen molar-refractivity contribution in [3.8, 4) is 0 Å². The Bertz CT molecular complexity index is 865. The lowest BCUT2D eigenvalue weighted by Crippen LogP contribution is -2.51. The predicted molar refractivity (Wildman–Crippen MR) is 156 cm³/mol. The molecule has 1 aromatic carbocycles. The molecule has 8 heteroatoms. The first kappa shape index (κ1) is 30.7. The lowest BCUT2D eigenvalue weighted by atomic mass is 9.88. The summed E-state index contributed by atoms with van der Waals surface area (Å²) in [6.45, 7) is 11.2. The van der Waals surface area contributed by atoms with E-state index in [0.717, 1.165) is 70.4 Å². The Morgan fingerprint density at radius 1 is 1.03 bits per heavy atom. The molecule has 0 bridgehead atoms. The van der Waals surface area contributed by atoms with Gasteiger partial charge in [-0.15, -0.1) is 12.4 Å². The summed E-state index contributed by atoms with van der Waals surface area (Å²) in [4.78, 5) is 32.2. The monoisotopic (exact) mass is 548 g/mol. The minimum absolute atomic E-state index is 0. The molecule has 1 unspecified atom stereocenters. The Labute approximate surface area is 236 Å². The van der Waals surface area contributed by atoms with Gasteiger partial charge in [0.05, 0.1) is 13.2 Å². The van der Waals surface area contributed by atoms with Crippen LogP contribution in [0.15, 0.2) is 24.3 Å². The first-order valence-corrected chi connectivity index (χ1v) is 14.8. The summed E-state index contributed by atoms with van der Waals surface area (Å²) < 4.78 is 5.40. The number of hydrogen-bond acceptors (Lipinski definition) is 4. The Kier molecular flexibility index (Phi) is 12.7. The molecule has 2 heterocycles. The Morgan fingerprint density at radius 2 is 1.71 bits per heavy atom. The minimum Gasteiger partial charge on any atom is -0.378 e. The number of benzene rings is 1. The van der Waals surface area contributed by atoms with E-state index in [9.17, 15) is 9.59 Å². The van der Waals surface area contributed by atoms with E-state index in [1.165, 1.54) is 24.8 Å². The minimum atomic E-state index is 0. The molecule has 2 saturated heterocycles. The molecular formula is C30H49ClN4O3. The fourth-order valence-corrected chi connectivity index (χ4v) is 6.23. The highest BCUT2D eigenvalue weighted by molar-refractivity contribution is 5.92. The molecule has 38 heavy (non-hydrogen) atoms. The molecule has 0 radical (unpaired) electrons. The van der Waals surface area contributed by atoms with Gasteiger partial charge in [-0.25, -0.2) is 4.79 Å². The van der Waals surface area contributed by atoms with Gasteiger partial charge in [-0.2, -0.15) is 0 Å². The maximum atomic E-state index is 12.8. The van der Waals surface area contributed by atoms with Crippen LogP contribution < -0.4 is 5.32 Å². The third-order valence-corrected chi connectivity index (χ3v) is 8.50. The van der Waals surface area contributed by atoms with Gasteiger partial charge >= 0.3 is 6.03 Å². The number of urea groups is 1. The summed E-state index contributed by atoms with van der Waals surface area (Å²) >= 11 is 0. The highest BCUT2D eigenvalue weighted by Crippen LogP contribution is 2.26. The predicted octanol–water partition coefficient (Wildman–Crippen LogP) is 5.43. The van der Waals surface area contributed by atoms with Crippen molar-refractivity contribution in [1.29, 1.82) is 0 Å². The zero-order valence-corrected chi connectivity index (χ0v) is 24.4. The number of morpholine rings is 1. The number of piperidine rings is 1. The highest BCUT2D eigenvalue weighted by Gasteiger charge is 2.29. The Balaban J connectivity index is 0.00000400. The molecule has 0 aromatic heterocycles. The van der Waals surface area contributed by atoms with Gasteiger partial charge in [-0.3, -0.25) is 4.79 Å². The standard InChI is InChI=1S/C30H48N4O3.ClH/c1-3-14-34(23-25-12-15-32(16-13-25)30(36)33-17-19-37-20-18-33)24(2)21-26-8-7-11-28(22-26)31-29(35)27-9-5-4-6-10-27;/h7-8,11,22,24-25,27H,3-6,9-10,12-21,23H2,1-2H3,(H,31,35);1H. The molecule has 1 aromatic rings. The van der Waals surface area contributed by atoms with Crippen molar-refractivity contribution in [2.24, 2.45) is 11.8 Å². The SMILES string of the molecule is CCCN(CC1CCN(C(=O)N2CCOCC2)CC1)C(C)Cc1cccc(NC(=O)C2CCCCC2)c1.Cl. The first-order chi connectivity index (χ1) is 18.0. The van der Waals surface area contributed by atoms with Gasteiger partial charge in [0.25, 0.3) is 0 Å². The van der Waals surface area contributed by atoms with Crippen LogP contribution in [-0.4, -0.2) is 85.2 Å². The summed E-state index contributed by atoms with van der Waals surface area (Å²) in [6, 6.07) is 9.06. The average molecular weight is 549 g/mol. The van der Waals surface area contributed by atoms with E-state index in [2.05, 4.69) is 42.3 Å². The molecule has 7 nitrogen and oxygen atoms in total. The van der Waals surface area contributed by atoms with Gasteiger partial charge in [-0.05, 0) is 75.6 Å². The van der Waals surface area contributed by atoms with Gasteiger partial charge in [0.2, 0.25) is 5.91 Å². The summed E-state index contributed by atoms with van der Waals surface area (Å²) in [5, 5.41) is 3.19. The molecule has 2 aliphatic heterocycles. The van der Waals surface area contributed by atoms with E-state index in [1.54, 1.807) is 0 Å². The fraction of sp³-hybridized carbons (Fsp3) is 0.733. The van der Waals surface area contributed by atoms with Crippen LogP contribution in [0.2, 0.25) is 0 Å². The normalized spacial score (nSPS) is 20.2. The van der Waals surface area contributed by atoms with Crippen molar-refractivity contribution in [3.63, 3.8) is 0 Å². The van der Waals surface area contributed by atoms with Crippen LogP contribution in [0, 0.1) is 11.8 Å². The van der Waals surface area contributed by atoms with Crippen LogP contribution in [0.1, 0.15) is 70.8 Å². The van der Waals surface area contributed by atoms with Gasteiger partial charge in [0.15, 0.2) is 0 Å². The Morgan fingerprint density at radius 3 is 2.39 bits per heavy atom.